The third kappa shape index (κ3) is 7.98. The second-order valence-corrected chi connectivity index (χ2v) is 6.44. The maximum Gasteiger partial charge on any atom is 0.317 e. The summed E-state index contributed by atoms with van der Waals surface area (Å²) in [5, 5.41) is 14.3. The molecule has 144 valence electrons. The number of rotatable bonds is 10. The van der Waals surface area contributed by atoms with Crippen molar-refractivity contribution in [2.24, 2.45) is 0 Å². The van der Waals surface area contributed by atoms with Crippen LogP contribution in [-0.4, -0.2) is 60.8 Å². The number of carboxylic acids is 1. The zero-order chi connectivity index (χ0) is 19.6. The highest BCUT2D eigenvalue weighted by molar-refractivity contribution is 5.79. The molecule has 0 aliphatic rings. The molecule has 1 unspecified atom stereocenters. The van der Waals surface area contributed by atoms with Crippen LogP contribution >= 0.6 is 0 Å². The van der Waals surface area contributed by atoms with E-state index >= 15 is 0 Å². The van der Waals surface area contributed by atoms with Gasteiger partial charge >= 0.3 is 12.0 Å². The molecule has 1 aromatic carbocycles. The summed E-state index contributed by atoms with van der Waals surface area (Å²) in [6.07, 6.45) is -0.206. The highest BCUT2D eigenvalue weighted by atomic mass is 16.5. The van der Waals surface area contributed by atoms with Gasteiger partial charge in [-0.25, -0.2) is 4.79 Å². The van der Waals surface area contributed by atoms with E-state index in [1.165, 1.54) is 12.0 Å². The Balaban J connectivity index is 2.39. The Morgan fingerprint density at radius 3 is 2.46 bits per heavy atom. The van der Waals surface area contributed by atoms with Gasteiger partial charge in [0.25, 0.3) is 0 Å². The number of carboxylic acid groups (broad SMARTS) is 1. The number of urea groups is 1. The maximum absolute atomic E-state index is 12.0. The van der Waals surface area contributed by atoms with Crippen LogP contribution in [-0.2, 0) is 20.9 Å². The van der Waals surface area contributed by atoms with Gasteiger partial charge in [0, 0.05) is 33.7 Å². The first-order valence-corrected chi connectivity index (χ1v) is 8.30. The number of carbonyl (C=O) groups excluding carboxylic acids is 2. The van der Waals surface area contributed by atoms with Crippen molar-refractivity contribution in [3.8, 4) is 0 Å². The van der Waals surface area contributed by atoms with Crippen molar-refractivity contribution in [1.82, 2.24) is 15.5 Å². The first-order valence-electron chi connectivity index (χ1n) is 8.30. The maximum atomic E-state index is 12.0. The van der Waals surface area contributed by atoms with E-state index in [-0.39, 0.29) is 37.9 Å². The van der Waals surface area contributed by atoms with Gasteiger partial charge in [-0.05, 0) is 12.5 Å². The van der Waals surface area contributed by atoms with E-state index in [0.717, 1.165) is 5.56 Å². The number of ether oxygens (including phenoxy) is 1. The Morgan fingerprint density at radius 2 is 1.88 bits per heavy atom. The summed E-state index contributed by atoms with van der Waals surface area (Å²) < 4.78 is 4.99. The number of aliphatic carboxylic acids is 1. The first-order chi connectivity index (χ1) is 12.3. The standard InChI is InChI=1S/C18H27N3O5/c1-18(13-26-3,11-16(23)24)20-15(22)9-10-19-17(25)21(2)12-14-7-5-4-6-8-14/h4-8H,9-13H2,1-3H3,(H,19,25)(H,20,22)(H,23,24). The minimum atomic E-state index is -1.03. The van der Waals surface area contributed by atoms with Gasteiger partial charge in [0.2, 0.25) is 5.91 Å². The van der Waals surface area contributed by atoms with E-state index in [9.17, 15) is 14.4 Å². The van der Waals surface area contributed by atoms with Gasteiger partial charge in [-0.2, -0.15) is 0 Å². The highest BCUT2D eigenvalue weighted by Crippen LogP contribution is 2.10. The van der Waals surface area contributed by atoms with E-state index in [2.05, 4.69) is 10.6 Å². The zero-order valence-corrected chi connectivity index (χ0v) is 15.4. The summed E-state index contributed by atoms with van der Waals surface area (Å²) in [6.45, 7) is 2.30. The van der Waals surface area contributed by atoms with Crippen LogP contribution in [0.5, 0.6) is 0 Å². The number of carbonyl (C=O) groups is 3. The predicted octanol–water partition coefficient (Wildman–Crippen LogP) is 1.21. The van der Waals surface area contributed by atoms with E-state index in [1.807, 2.05) is 30.3 Å². The molecular weight excluding hydrogens is 338 g/mol. The van der Waals surface area contributed by atoms with Gasteiger partial charge in [-0.1, -0.05) is 30.3 Å². The molecule has 0 heterocycles. The minimum absolute atomic E-state index is 0.0455. The van der Waals surface area contributed by atoms with Crippen LogP contribution in [0.25, 0.3) is 0 Å². The molecule has 0 radical (unpaired) electrons. The molecule has 1 rings (SSSR count). The molecule has 8 nitrogen and oxygen atoms in total. The summed E-state index contributed by atoms with van der Waals surface area (Å²) in [7, 11) is 3.11. The lowest BCUT2D eigenvalue weighted by atomic mass is 9.98. The summed E-state index contributed by atoms with van der Waals surface area (Å²) in [5.41, 5.74) is 0.0121. The molecular formula is C18H27N3O5. The van der Waals surface area contributed by atoms with Crippen LogP contribution in [0, 0.1) is 0 Å². The molecule has 26 heavy (non-hydrogen) atoms. The molecule has 3 N–H and O–H groups in total. The van der Waals surface area contributed by atoms with Crippen molar-refractivity contribution < 1.29 is 24.2 Å². The zero-order valence-electron chi connectivity index (χ0n) is 15.4. The fourth-order valence-corrected chi connectivity index (χ4v) is 2.53. The number of amides is 3. The average Bonchev–Trinajstić information content (AvgIpc) is 2.54. The predicted molar refractivity (Wildman–Crippen MR) is 96.6 cm³/mol. The second-order valence-electron chi connectivity index (χ2n) is 6.44. The molecule has 1 aromatic rings. The lowest BCUT2D eigenvalue weighted by Gasteiger charge is -2.28. The third-order valence-corrected chi connectivity index (χ3v) is 3.68. The van der Waals surface area contributed by atoms with Crippen molar-refractivity contribution in [3.05, 3.63) is 35.9 Å². The van der Waals surface area contributed by atoms with Gasteiger partial charge < -0.3 is 25.4 Å². The van der Waals surface area contributed by atoms with Crippen molar-refractivity contribution in [3.63, 3.8) is 0 Å². The SMILES string of the molecule is COCC(C)(CC(=O)O)NC(=O)CCNC(=O)N(C)Cc1ccccc1. The van der Waals surface area contributed by atoms with Gasteiger partial charge in [0.05, 0.1) is 18.6 Å². The Morgan fingerprint density at radius 1 is 1.23 bits per heavy atom. The third-order valence-electron chi connectivity index (χ3n) is 3.68. The molecule has 8 heteroatoms. The number of hydrogen-bond donors (Lipinski definition) is 3. The van der Waals surface area contributed by atoms with Crippen LogP contribution < -0.4 is 10.6 Å². The number of methoxy groups -OCH3 is 1. The Labute approximate surface area is 153 Å². The monoisotopic (exact) mass is 365 g/mol. The number of nitrogens with one attached hydrogen (secondary N) is 2. The van der Waals surface area contributed by atoms with Crippen LogP contribution in [0.1, 0.15) is 25.3 Å². The van der Waals surface area contributed by atoms with E-state index in [0.29, 0.717) is 6.54 Å². The highest BCUT2D eigenvalue weighted by Gasteiger charge is 2.29. The minimum Gasteiger partial charge on any atom is -0.481 e. The fourth-order valence-electron chi connectivity index (χ4n) is 2.53. The molecule has 0 saturated carbocycles. The fraction of sp³-hybridized carbons (Fsp3) is 0.500. The molecule has 0 aliphatic heterocycles. The molecule has 0 aromatic heterocycles. The second kappa shape index (κ2) is 10.4. The first kappa shape index (κ1) is 21.4. The molecule has 0 spiro atoms. The molecule has 0 aliphatic carbocycles. The molecule has 0 saturated heterocycles. The van der Waals surface area contributed by atoms with Crippen molar-refractivity contribution in [2.75, 3.05) is 27.3 Å². The van der Waals surface area contributed by atoms with Crippen LogP contribution in [0.2, 0.25) is 0 Å². The quantitative estimate of drug-likeness (QED) is 0.578. The van der Waals surface area contributed by atoms with Crippen LogP contribution in [0.3, 0.4) is 0 Å². The largest absolute Gasteiger partial charge is 0.481 e. The average molecular weight is 365 g/mol. The summed E-state index contributed by atoms with van der Waals surface area (Å²) in [6, 6.07) is 9.28. The Hall–Kier alpha value is -2.61. The van der Waals surface area contributed by atoms with Crippen LogP contribution in [0.4, 0.5) is 4.79 Å². The van der Waals surface area contributed by atoms with Gasteiger partial charge in [-0.3, -0.25) is 9.59 Å². The van der Waals surface area contributed by atoms with Gasteiger partial charge in [0.15, 0.2) is 0 Å². The molecule has 1 atom stereocenters. The van der Waals surface area contributed by atoms with Crippen molar-refractivity contribution >= 4 is 17.9 Å². The van der Waals surface area contributed by atoms with Crippen molar-refractivity contribution in [2.45, 2.75) is 31.8 Å². The summed E-state index contributed by atoms with van der Waals surface area (Å²) in [4.78, 5) is 36.5. The topological polar surface area (TPSA) is 108 Å². The normalized spacial score (nSPS) is 12.7. The number of benzene rings is 1. The molecule has 0 fully saturated rings. The van der Waals surface area contributed by atoms with Gasteiger partial charge in [-0.15, -0.1) is 0 Å². The van der Waals surface area contributed by atoms with E-state index in [4.69, 9.17) is 9.84 Å². The Bertz CT molecular complexity index is 608. The van der Waals surface area contributed by atoms with Gasteiger partial charge in [0.1, 0.15) is 0 Å². The van der Waals surface area contributed by atoms with E-state index in [1.54, 1.807) is 14.0 Å². The summed E-state index contributed by atoms with van der Waals surface area (Å²) in [5.74, 6) is -1.38. The lowest BCUT2D eigenvalue weighted by Crippen LogP contribution is -2.51. The molecule has 0 bridgehead atoms. The smallest absolute Gasteiger partial charge is 0.317 e. The number of hydrogen-bond acceptors (Lipinski definition) is 4. The summed E-state index contributed by atoms with van der Waals surface area (Å²) >= 11 is 0. The molecule has 3 amide bonds. The number of nitrogens with zero attached hydrogens (tertiary/aromatic N) is 1. The van der Waals surface area contributed by atoms with Crippen molar-refractivity contribution in [1.29, 1.82) is 0 Å². The Kier molecular flexibility index (Phi) is 8.57. The lowest BCUT2D eigenvalue weighted by molar-refractivity contribution is -0.139. The van der Waals surface area contributed by atoms with E-state index < -0.39 is 11.5 Å². The van der Waals surface area contributed by atoms with Crippen LogP contribution in [0.15, 0.2) is 30.3 Å².